The highest BCUT2D eigenvalue weighted by Gasteiger charge is 2.01. The summed E-state index contributed by atoms with van der Waals surface area (Å²) in [5.74, 6) is 0.417. The van der Waals surface area contributed by atoms with Crippen LogP contribution < -0.4 is 4.74 Å². The summed E-state index contributed by atoms with van der Waals surface area (Å²) in [6, 6.07) is 6.37. The van der Waals surface area contributed by atoms with Crippen molar-refractivity contribution >= 4 is 5.78 Å². The molecule has 1 unspecified atom stereocenters. The van der Waals surface area contributed by atoms with Crippen molar-refractivity contribution in [3.8, 4) is 5.75 Å². The van der Waals surface area contributed by atoms with E-state index in [1.807, 2.05) is 0 Å². The van der Waals surface area contributed by atoms with Gasteiger partial charge in [0.15, 0.2) is 5.78 Å². The summed E-state index contributed by atoms with van der Waals surface area (Å²) in [6.07, 6.45) is -1.33. The van der Waals surface area contributed by atoms with Crippen LogP contribution in [0.2, 0.25) is 0 Å². The Kier molecular flexibility index (Phi) is 3.01. The maximum Gasteiger partial charge on any atom is 0.235 e. The summed E-state index contributed by atoms with van der Waals surface area (Å²) in [7, 11) is 0. The zero-order valence-electron chi connectivity index (χ0n) is 7.58. The minimum atomic E-state index is -1.33. The number of alkyl halides is 1. The lowest BCUT2D eigenvalue weighted by Gasteiger charge is -2.06. The van der Waals surface area contributed by atoms with Crippen LogP contribution in [0, 0.1) is 0 Å². The van der Waals surface area contributed by atoms with Gasteiger partial charge in [-0.05, 0) is 31.2 Å². The molecule has 0 aromatic heterocycles. The van der Waals surface area contributed by atoms with Crippen molar-refractivity contribution in [1.82, 2.24) is 0 Å². The fourth-order valence-electron chi connectivity index (χ4n) is 0.956. The van der Waals surface area contributed by atoms with Gasteiger partial charge in [0.25, 0.3) is 0 Å². The van der Waals surface area contributed by atoms with Crippen molar-refractivity contribution in [3.63, 3.8) is 0 Å². The molecule has 0 N–H and O–H groups in total. The van der Waals surface area contributed by atoms with Gasteiger partial charge in [-0.2, -0.15) is 0 Å². The molecular formula is C10H11FO2. The van der Waals surface area contributed by atoms with E-state index in [2.05, 4.69) is 0 Å². The molecule has 1 aromatic rings. The Hall–Kier alpha value is -1.38. The summed E-state index contributed by atoms with van der Waals surface area (Å²) in [5.41, 5.74) is 0.596. The number of Topliss-reactive ketones (excluding diaryl/α,β-unsaturated/α-hetero) is 1. The van der Waals surface area contributed by atoms with Crippen molar-refractivity contribution in [3.05, 3.63) is 29.8 Å². The molecule has 0 saturated heterocycles. The van der Waals surface area contributed by atoms with E-state index in [9.17, 15) is 9.18 Å². The van der Waals surface area contributed by atoms with Crippen molar-refractivity contribution < 1.29 is 13.9 Å². The van der Waals surface area contributed by atoms with E-state index in [4.69, 9.17) is 4.74 Å². The van der Waals surface area contributed by atoms with Crippen LogP contribution in [0.25, 0.3) is 0 Å². The smallest absolute Gasteiger partial charge is 0.235 e. The molecule has 3 heteroatoms. The molecule has 0 bridgehead atoms. The van der Waals surface area contributed by atoms with Gasteiger partial charge >= 0.3 is 0 Å². The number of benzene rings is 1. The van der Waals surface area contributed by atoms with E-state index < -0.39 is 6.36 Å². The minimum absolute atomic E-state index is 0.0140. The summed E-state index contributed by atoms with van der Waals surface area (Å²) < 4.78 is 17.1. The Bertz CT molecular complexity index is 290. The van der Waals surface area contributed by atoms with Crippen molar-refractivity contribution in [2.75, 3.05) is 0 Å². The highest BCUT2D eigenvalue weighted by Crippen LogP contribution is 2.14. The SMILES string of the molecule is CC(=O)c1ccc(OC(C)F)cc1. The van der Waals surface area contributed by atoms with Gasteiger partial charge in [-0.1, -0.05) is 0 Å². The fraction of sp³-hybridized carbons (Fsp3) is 0.300. The topological polar surface area (TPSA) is 26.3 Å². The number of carbonyl (C=O) groups excluding carboxylic acids is 1. The van der Waals surface area contributed by atoms with Gasteiger partial charge in [0.2, 0.25) is 6.36 Å². The first-order chi connectivity index (χ1) is 6.09. The molecule has 2 nitrogen and oxygen atoms in total. The number of carbonyl (C=O) groups is 1. The molecule has 1 atom stereocenters. The van der Waals surface area contributed by atoms with Crippen LogP contribution in [-0.2, 0) is 0 Å². The van der Waals surface area contributed by atoms with Gasteiger partial charge in [0.05, 0.1) is 0 Å². The molecule has 0 aliphatic rings. The van der Waals surface area contributed by atoms with E-state index in [1.54, 1.807) is 24.3 Å². The molecule has 0 aliphatic carbocycles. The Morgan fingerprint density at radius 3 is 2.31 bits per heavy atom. The molecule has 13 heavy (non-hydrogen) atoms. The van der Waals surface area contributed by atoms with E-state index in [1.165, 1.54) is 13.8 Å². The number of rotatable bonds is 3. The first kappa shape index (κ1) is 9.71. The molecular weight excluding hydrogens is 171 g/mol. The Morgan fingerprint density at radius 2 is 1.92 bits per heavy atom. The second-order valence-electron chi connectivity index (χ2n) is 2.74. The Labute approximate surface area is 76.3 Å². The predicted molar refractivity (Wildman–Crippen MR) is 47.6 cm³/mol. The third kappa shape index (κ3) is 2.86. The lowest BCUT2D eigenvalue weighted by molar-refractivity contribution is 0.0860. The van der Waals surface area contributed by atoms with E-state index >= 15 is 0 Å². The lowest BCUT2D eigenvalue weighted by atomic mass is 10.1. The number of ether oxygens (including phenoxy) is 1. The van der Waals surface area contributed by atoms with Crippen LogP contribution in [0.4, 0.5) is 4.39 Å². The molecule has 0 aliphatic heterocycles. The highest BCUT2D eigenvalue weighted by molar-refractivity contribution is 5.94. The average molecular weight is 182 g/mol. The first-order valence-corrected chi connectivity index (χ1v) is 4.01. The number of hydrogen-bond acceptors (Lipinski definition) is 2. The number of ketones is 1. The maximum absolute atomic E-state index is 12.4. The molecule has 70 valence electrons. The van der Waals surface area contributed by atoms with Gasteiger partial charge in [-0.25, -0.2) is 4.39 Å². The van der Waals surface area contributed by atoms with Crippen molar-refractivity contribution in [2.45, 2.75) is 20.2 Å². The first-order valence-electron chi connectivity index (χ1n) is 4.01. The van der Waals surface area contributed by atoms with Crippen LogP contribution in [0.5, 0.6) is 5.75 Å². The summed E-state index contributed by atoms with van der Waals surface area (Å²) in [5, 5.41) is 0. The lowest BCUT2D eigenvalue weighted by Crippen LogP contribution is -2.03. The van der Waals surface area contributed by atoms with E-state index in [-0.39, 0.29) is 5.78 Å². The third-order valence-electron chi connectivity index (χ3n) is 1.56. The second-order valence-corrected chi connectivity index (χ2v) is 2.74. The van der Waals surface area contributed by atoms with Crippen LogP contribution in [0.1, 0.15) is 24.2 Å². The van der Waals surface area contributed by atoms with Crippen LogP contribution in [0.3, 0.4) is 0 Å². The van der Waals surface area contributed by atoms with Gasteiger partial charge in [0, 0.05) is 12.5 Å². The molecule has 0 amide bonds. The monoisotopic (exact) mass is 182 g/mol. The van der Waals surface area contributed by atoms with Crippen LogP contribution >= 0.6 is 0 Å². The molecule has 0 heterocycles. The average Bonchev–Trinajstić information content (AvgIpc) is 2.04. The van der Waals surface area contributed by atoms with Gasteiger partial charge in [0.1, 0.15) is 5.75 Å². The second kappa shape index (κ2) is 4.03. The normalized spacial score (nSPS) is 12.2. The largest absolute Gasteiger partial charge is 0.461 e. The fourth-order valence-corrected chi connectivity index (χ4v) is 0.956. The Balaban J connectivity index is 2.75. The number of hydrogen-bond donors (Lipinski definition) is 0. The van der Waals surface area contributed by atoms with Gasteiger partial charge in [-0.15, -0.1) is 0 Å². The summed E-state index contributed by atoms with van der Waals surface area (Å²) >= 11 is 0. The predicted octanol–water partition coefficient (Wildman–Crippen LogP) is 2.58. The van der Waals surface area contributed by atoms with Gasteiger partial charge < -0.3 is 4.74 Å². The maximum atomic E-state index is 12.4. The summed E-state index contributed by atoms with van der Waals surface area (Å²) in [6.45, 7) is 2.78. The zero-order valence-corrected chi connectivity index (χ0v) is 7.58. The Morgan fingerprint density at radius 1 is 1.38 bits per heavy atom. The quantitative estimate of drug-likeness (QED) is 0.671. The van der Waals surface area contributed by atoms with E-state index in [0.29, 0.717) is 11.3 Å². The highest BCUT2D eigenvalue weighted by atomic mass is 19.1. The molecule has 0 fully saturated rings. The minimum Gasteiger partial charge on any atom is -0.461 e. The third-order valence-corrected chi connectivity index (χ3v) is 1.56. The van der Waals surface area contributed by atoms with Crippen LogP contribution in [0.15, 0.2) is 24.3 Å². The molecule has 0 radical (unpaired) electrons. The van der Waals surface area contributed by atoms with Gasteiger partial charge in [-0.3, -0.25) is 4.79 Å². The summed E-state index contributed by atoms with van der Waals surface area (Å²) in [4.78, 5) is 10.9. The molecule has 1 rings (SSSR count). The standard InChI is InChI=1S/C10H11FO2/c1-7(12)9-3-5-10(6-4-9)13-8(2)11/h3-6,8H,1-2H3. The molecule has 1 aromatic carbocycles. The van der Waals surface area contributed by atoms with E-state index in [0.717, 1.165) is 0 Å². The molecule has 0 spiro atoms. The van der Waals surface area contributed by atoms with Crippen LogP contribution in [-0.4, -0.2) is 12.1 Å². The molecule has 0 saturated carbocycles. The zero-order chi connectivity index (χ0) is 9.84. The van der Waals surface area contributed by atoms with Crippen molar-refractivity contribution in [1.29, 1.82) is 0 Å². The van der Waals surface area contributed by atoms with Crippen molar-refractivity contribution in [2.24, 2.45) is 0 Å². The number of halogens is 1.